The number of piperidine rings is 1. The molecule has 1 aromatic carbocycles. The third kappa shape index (κ3) is 6.12. The Hall–Kier alpha value is -4.13. The topological polar surface area (TPSA) is 122 Å². The number of pyridine rings is 1. The van der Waals surface area contributed by atoms with E-state index in [1.165, 1.54) is 6.20 Å². The standard InChI is InChI=1S/C33H32F4N6O4S/c1-31(2,3)47-30(44)42-28-17(10-38)23-26(39-12-21(34)27(23)48-28)22-20-14-45-13-19(20)18-11-40-29(41-25(18)24(22)35)46-16-32(4-5-32)15-43-8-6-33(36,37)7-9-43/h11-12H,4-9,13-16H2,1-3H3,(H,42,44). The molecule has 5 heterocycles. The lowest BCUT2D eigenvalue weighted by Crippen LogP contribution is -2.43. The molecule has 2 fully saturated rings. The first-order valence-corrected chi connectivity index (χ1v) is 16.4. The summed E-state index contributed by atoms with van der Waals surface area (Å²) in [5.74, 6) is -4.13. The number of aromatic nitrogens is 3. The largest absolute Gasteiger partial charge is 0.463 e. The van der Waals surface area contributed by atoms with Gasteiger partial charge in [0.2, 0.25) is 0 Å². The first-order chi connectivity index (χ1) is 22.8. The second-order valence-corrected chi connectivity index (χ2v) is 14.7. The summed E-state index contributed by atoms with van der Waals surface area (Å²) in [6, 6.07) is 1.98. The highest BCUT2D eigenvalue weighted by Crippen LogP contribution is 2.48. The Morgan fingerprint density at radius 1 is 1.12 bits per heavy atom. The van der Waals surface area contributed by atoms with Gasteiger partial charge in [-0.1, -0.05) is 0 Å². The van der Waals surface area contributed by atoms with Gasteiger partial charge < -0.3 is 19.1 Å². The molecular formula is C33H32F4N6O4S. The molecule has 10 nitrogen and oxygen atoms in total. The van der Waals surface area contributed by atoms with Crippen molar-refractivity contribution in [2.24, 2.45) is 5.41 Å². The van der Waals surface area contributed by atoms with E-state index in [0.717, 1.165) is 30.4 Å². The fourth-order valence-electron chi connectivity index (χ4n) is 6.32. The summed E-state index contributed by atoms with van der Waals surface area (Å²) in [6.07, 6.45) is 3.01. The third-order valence-corrected chi connectivity index (χ3v) is 10.0. The molecule has 0 radical (unpaired) electrons. The van der Waals surface area contributed by atoms with E-state index in [1.807, 2.05) is 11.0 Å². The van der Waals surface area contributed by atoms with Gasteiger partial charge in [-0.2, -0.15) is 10.2 Å². The lowest BCUT2D eigenvalue weighted by Gasteiger charge is -2.34. The van der Waals surface area contributed by atoms with Crippen molar-refractivity contribution in [3.05, 3.63) is 40.7 Å². The summed E-state index contributed by atoms with van der Waals surface area (Å²) < 4.78 is 76.2. The number of ether oxygens (including phenoxy) is 3. The molecule has 3 aromatic heterocycles. The van der Waals surface area contributed by atoms with Crippen molar-refractivity contribution < 1.29 is 36.6 Å². The molecule has 1 saturated carbocycles. The quantitative estimate of drug-likeness (QED) is 0.200. The maximum atomic E-state index is 16.7. The van der Waals surface area contributed by atoms with Gasteiger partial charge in [0.15, 0.2) is 11.6 Å². The molecular weight excluding hydrogens is 652 g/mol. The van der Waals surface area contributed by atoms with Gasteiger partial charge in [0.1, 0.15) is 22.2 Å². The summed E-state index contributed by atoms with van der Waals surface area (Å²) in [5.41, 5.74) is -0.0611. The number of carbonyl (C=O) groups excluding carboxylic acids is 1. The highest BCUT2D eigenvalue weighted by molar-refractivity contribution is 7.23. The molecule has 15 heteroatoms. The van der Waals surface area contributed by atoms with E-state index in [1.54, 1.807) is 20.8 Å². The zero-order valence-corrected chi connectivity index (χ0v) is 27.3. The number of carbonyl (C=O) groups is 1. The molecule has 252 valence electrons. The number of benzene rings is 1. The number of rotatable bonds is 7. The summed E-state index contributed by atoms with van der Waals surface area (Å²) in [5, 5.41) is 13.2. The van der Waals surface area contributed by atoms with Crippen LogP contribution in [0.1, 0.15) is 63.1 Å². The SMILES string of the molecule is CC(C)(C)OC(=O)Nc1sc2c(F)cnc(-c3c4c(c5cnc(OCC6(CN7CCC(F)(F)CC7)CC6)nc5c3F)COC4)c2c1C#N. The Kier molecular flexibility index (Phi) is 7.96. The second-order valence-electron chi connectivity index (χ2n) is 13.7. The Balaban J connectivity index is 1.24. The van der Waals surface area contributed by atoms with E-state index in [0.29, 0.717) is 36.1 Å². The van der Waals surface area contributed by atoms with Crippen LogP contribution in [0.3, 0.4) is 0 Å². The first kappa shape index (κ1) is 32.4. The Labute approximate surface area is 277 Å². The minimum Gasteiger partial charge on any atom is -0.463 e. The van der Waals surface area contributed by atoms with E-state index in [-0.39, 0.29) is 81.5 Å². The zero-order chi connectivity index (χ0) is 34.0. The van der Waals surface area contributed by atoms with Gasteiger partial charge in [0.05, 0.1) is 42.0 Å². The molecule has 1 N–H and O–H groups in total. The number of anilines is 1. The highest BCUT2D eigenvalue weighted by Gasteiger charge is 2.46. The molecule has 7 rings (SSSR count). The zero-order valence-electron chi connectivity index (χ0n) is 26.5. The van der Waals surface area contributed by atoms with Gasteiger partial charge in [-0.3, -0.25) is 10.3 Å². The van der Waals surface area contributed by atoms with Crippen LogP contribution in [0.15, 0.2) is 12.4 Å². The van der Waals surface area contributed by atoms with Crippen molar-refractivity contribution in [2.45, 2.75) is 71.2 Å². The minimum absolute atomic E-state index is 0.00251. The number of alkyl halides is 2. The van der Waals surface area contributed by atoms with Gasteiger partial charge in [0.25, 0.3) is 5.92 Å². The van der Waals surface area contributed by atoms with Crippen LogP contribution in [0.5, 0.6) is 6.01 Å². The van der Waals surface area contributed by atoms with Crippen LogP contribution in [0, 0.1) is 28.4 Å². The molecule has 3 aliphatic rings. The number of halogens is 4. The van der Waals surface area contributed by atoms with E-state index in [9.17, 15) is 18.8 Å². The summed E-state index contributed by atoms with van der Waals surface area (Å²) in [7, 11) is 0. The lowest BCUT2D eigenvalue weighted by atomic mass is 9.94. The number of hydrogen-bond acceptors (Lipinski definition) is 10. The van der Waals surface area contributed by atoms with Gasteiger partial charge in [-0.05, 0) is 44.7 Å². The molecule has 0 spiro atoms. The van der Waals surface area contributed by atoms with Gasteiger partial charge in [0, 0.05) is 60.4 Å². The molecule has 48 heavy (non-hydrogen) atoms. The second kappa shape index (κ2) is 11.8. The van der Waals surface area contributed by atoms with E-state index in [4.69, 9.17) is 14.2 Å². The van der Waals surface area contributed by atoms with Crippen LogP contribution >= 0.6 is 11.3 Å². The minimum atomic E-state index is -2.62. The smallest absolute Gasteiger partial charge is 0.412 e. The number of nitriles is 1. The molecule has 4 aromatic rings. The predicted molar refractivity (Wildman–Crippen MR) is 169 cm³/mol. The summed E-state index contributed by atoms with van der Waals surface area (Å²) in [4.78, 5) is 27.6. The molecule has 2 aliphatic heterocycles. The fraction of sp³-hybridized carbons (Fsp3) is 0.485. The average molecular weight is 685 g/mol. The van der Waals surface area contributed by atoms with Crippen LogP contribution in [-0.4, -0.2) is 63.7 Å². The average Bonchev–Trinajstić information content (AvgIpc) is 3.42. The molecule has 1 aliphatic carbocycles. The Bertz CT molecular complexity index is 1990. The number of fused-ring (bicyclic) bond motifs is 4. The fourth-order valence-corrected chi connectivity index (χ4v) is 7.36. The van der Waals surface area contributed by atoms with Gasteiger partial charge in [-0.25, -0.2) is 27.3 Å². The lowest BCUT2D eigenvalue weighted by molar-refractivity contribution is -0.0591. The van der Waals surface area contributed by atoms with Crippen LogP contribution in [0.25, 0.3) is 32.2 Å². The number of nitrogens with zero attached hydrogens (tertiary/aromatic N) is 5. The Morgan fingerprint density at radius 2 is 1.85 bits per heavy atom. The van der Waals surface area contributed by atoms with Crippen molar-refractivity contribution >= 4 is 43.4 Å². The van der Waals surface area contributed by atoms with E-state index in [2.05, 4.69) is 20.3 Å². The number of likely N-dealkylation sites (tertiary alicyclic amines) is 1. The van der Waals surface area contributed by atoms with Crippen LogP contribution in [-0.2, 0) is 22.7 Å². The molecule has 0 bridgehead atoms. The number of thiophene rings is 1. The monoisotopic (exact) mass is 684 g/mol. The predicted octanol–water partition coefficient (Wildman–Crippen LogP) is 7.32. The third-order valence-electron chi connectivity index (χ3n) is 8.92. The van der Waals surface area contributed by atoms with Crippen molar-refractivity contribution in [2.75, 3.05) is 31.6 Å². The van der Waals surface area contributed by atoms with Crippen LogP contribution < -0.4 is 10.1 Å². The summed E-state index contributed by atoms with van der Waals surface area (Å²) in [6.45, 7) is 6.75. The number of nitrogens with one attached hydrogen (secondary N) is 1. The van der Waals surface area contributed by atoms with Crippen LogP contribution in [0.4, 0.5) is 27.4 Å². The maximum Gasteiger partial charge on any atom is 0.412 e. The van der Waals surface area contributed by atoms with Crippen molar-refractivity contribution in [1.29, 1.82) is 5.26 Å². The van der Waals surface area contributed by atoms with E-state index >= 15 is 8.78 Å². The molecule has 1 amide bonds. The van der Waals surface area contributed by atoms with Crippen molar-refractivity contribution in [1.82, 2.24) is 19.9 Å². The number of amides is 1. The molecule has 0 atom stereocenters. The van der Waals surface area contributed by atoms with Gasteiger partial charge >= 0.3 is 12.1 Å². The maximum absolute atomic E-state index is 16.7. The Morgan fingerprint density at radius 3 is 2.54 bits per heavy atom. The highest BCUT2D eigenvalue weighted by atomic mass is 32.1. The van der Waals surface area contributed by atoms with Gasteiger partial charge in [-0.15, -0.1) is 11.3 Å². The van der Waals surface area contributed by atoms with Crippen LogP contribution in [0.2, 0.25) is 0 Å². The molecule has 0 unspecified atom stereocenters. The van der Waals surface area contributed by atoms with E-state index < -0.39 is 29.3 Å². The normalized spacial score (nSPS) is 18.5. The summed E-state index contributed by atoms with van der Waals surface area (Å²) >= 11 is 0.821. The molecule has 1 saturated heterocycles. The van der Waals surface area contributed by atoms with Crippen molar-refractivity contribution in [3.63, 3.8) is 0 Å². The van der Waals surface area contributed by atoms with Crippen molar-refractivity contribution in [3.8, 4) is 23.3 Å². The number of hydrogen-bond donors (Lipinski definition) is 1. The first-order valence-electron chi connectivity index (χ1n) is 15.6.